The van der Waals surface area contributed by atoms with E-state index < -0.39 is 0 Å². The van der Waals surface area contributed by atoms with Crippen molar-refractivity contribution in [3.8, 4) is 0 Å². The molecule has 1 saturated heterocycles. The van der Waals surface area contributed by atoms with E-state index in [1.165, 1.54) is 5.56 Å². The van der Waals surface area contributed by atoms with E-state index in [-0.39, 0.29) is 11.6 Å². The summed E-state index contributed by atoms with van der Waals surface area (Å²) in [7, 11) is 1.87. The van der Waals surface area contributed by atoms with Crippen LogP contribution in [0.3, 0.4) is 0 Å². The molecule has 1 heterocycles. The van der Waals surface area contributed by atoms with E-state index in [4.69, 9.17) is 0 Å². The van der Waals surface area contributed by atoms with Gasteiger partial charge < -0.3 is 9.80 Å². The van der Waals surface area contributed by atoms with Crippen molar-refractivity contribution in [3.63, 3.8) is 0 Å². The lowest BCUT2D eigenvalue weighted by Gasteiger charge is -2.27. The minimum atomic E-state index is -0.0114. The van der Waals surface area contributed by atoms with Gasteiger partial charge in [-0.1, -0.05) is 28.1 Å². The third kappa shape index (κ3) is 1.66. The Kier molecular flexibility index (Phi) is 2.43. The number of nitrogens with zero attached hydrogens (tertiary/aromatic N) is 2. The molecule has 1 aromatic rings. The molecule has 2 amide bonds. The van der Waals surface area contributed by atoms with Crippen LogP contribution < -0.4 is 0 Å². The molecule has 0 N–H and O–H groups in total. The van der Waals surface area contributed by atoms with E-state index in [1.54, 1.807) is 4.90 Å². The molecule has 90 valence electrons. The first kappa shape index (κ1) is 11.1. The maximum atomic E-state index is 12.1. The van der Waals surface area contributed by atoms with Gasteiger partial charge in [0.15, 0.2) is 0 Å². The van der Waals surface area contributed by atoms with E-state index in [1.807, 2.05) is 11.9 Å². The van der Waals surface area contributed by atoms with Crippen LogP contribution in [0.4, 0.5) is 4.79 Å². The van der Waals surface area contributed by atoms with Crippen LogP contribution in [-0.2, 0) is 5.54 Å². The van der Waals surface area contributed by atoms with Gasteiger partial charge in [-0.2, -0.15) is 0 Å². The highest BCUT2D eigenvalue weighted by atomic mass is 79.9. The molecule has 2 fully saturated rings. The summed E-state index contributed by atoms with van der Waals surface area (Å²) >= 11 is 3.45. The highest BCUT2D eigenvalue weighted by Gasteiger charge is 2.53. The van der Waals surface area contributed by atoms with Crippen molar-refractivity contribution in [2.45, 2.75) is 18.4 Å². The Bertz CT molecular complexity index is 453. The second-order valence-corrected chi connectivity index (χ2v) is 5.81. The van der Waals surface area contributed by atoms with Gasteiger partial charge in [0.1, 0.15) is 0 Å². The highest BCUT2D eigenvalue weighted by Crippen LogP contribution is 2.52. The van der Waals surface area contributed by atoms with Crippen LogP contribution in [-0.4, -0.2) is 36.0 Å². The fourth-order valence-electron chi connectivity index (χ4n) is 2.64. The van der Waals surface area contributed by atoms with E-state index >= 15 is 0 Å². The maximum absolute atomic E-state index is 12.1. The first-order chi connectivity index (χ1) is 8.13. The average Bonchev–Trinajstić information content (AvgIpc) is 3.05. The van der Waals surface area contributed by atoms with Gasteiger partial charge >= 0.3 is 6.03 Å². The molecule has 2 aliphatic rings. The third-order valence-electron chi connectivity index (χ3n) is 3.84. The molecule has 0 spiro atoms. The monoisotopic (exact) mass is 294 g/mol. The molecule has 4 heteroatoms. The number of rotatable bonds is 2. The van der Waals surface area contributed by atoms with Gasteiger partial charge in [-0.25, -0.2) is 4.79 Å². The molecule has 3 nitrogen and oxygen atoms in total. The Morgan fingerprint density at radius 3 is 2.29 bits per heavy atom. The first-order valence-corrected chi connectivity index (χ1v) is 6.72. The van der Waals surface area contributed by atoms with Crippen molar-refractivity contribution in [2.24, 2.45) is 0 Å². The second-order valence-electron chi connectivity index (χ2n) is 4.89. The van der Waals surface area contributed by atoms with Gasteiger partial charge in [-0.15, -0.1) is 0 Å². The predicted molar refractivity (Wildman–Crippen MR) is 69.8 cm³/mol. The number of carbonyl (C=O) groups excluding carboxylic acids is 1. The SMILES string of the molecule is CN1CCN(C2(c3ccc(Br)cc3)CC2)C1=O. The largest absolute Gasteiger partial charge is 0.326 e. The summed E-state index contributed by atoms with van der Waals surface area (Å²) in [5.41, 5.74) is 1.26. The molecule has 0 unspecified atom stereocenters. The Morgan fingerprint density at radius 1 is 1.18 bits per heavy atom. The quantitative estimate of drug-likeness (QED) is 0.823. The van der Waals surface area contributed by atoms with E-state index in [0.29, 0.717) is 0 Å². The molecule has 1 aromatic carbocycles. The second kappa shape index (κ2) is 3.73. The third-order valence-corrected chi connectivity index (χ3v) is 4.37. The van der Waals surface area contributed by atoms with Crippen molar-refractivity contribution in [1.82, 2.24) is 9.80 Å². The van der Waals surface area contributed by atoms with Crippen molar-refractivity contribution in [3.05, 3.63) is 34.3 Å². The van der Waals surface area contributed by atoms with Crippen molar-refractivity contribution in [1.29, 1.82) is 0 Å². The highest BCUT2D eigenvalue weighted by molar-refractivity contribution is 9.10. The number of amides is 2. The molecule has 1 aliphatic carbocycles. The normalized spacial score (nSPS) is 22.1. The van der Waals surface area contributed by atoms with Gasteiger partial charge in [0, 0.05) is 24.6 Å². The van der Waals surface area contributed by atoms with Crippen LogP contribution in [0, 0.1) is 0 Å². The maximum Gasteiger partial charge on any atom is 0.320 e. The Hall–Kier alpha value is -1.03. The lowest BCUT2D eigenvalue weighted by Crippen LogP contribution is -2.38. The van der Waals surface area contributed by atoms with Gasteiger partial charge in [0.05, 0.1) is 5.54 Å². The number of likely N-dealkylation sites (N-methyl/N-ethyl adjacent to an activating group) is 1. The van der Waals surface area contributed by atoms with Crippen molar-refractivity contribution in [2.75, 3.05) is 20.1 Å². The molecule has 1 saturated carbocycles. The van der Waals surface area contributed by atoms with E-state index in [0.717, 1.165) is 30.4 Å². The Balaban J connectivity index is 1.92. The minimum absolute atomic E-state index is 0.0114. The number of hydrogen-bond acceptors (Lipinski definition) is 1. The smallest absolute Gasteiger partial charge is 0.320 e. The van der Waals surface area contributed by atoms with Gasteiger partial charge in [0.2, 0.25) is 0 Å². The molecule has 1 aliphatic heterocycles. The predicted octanol–water partition coefficient (Wildman–Crippen LogP) is 2.81. The molecule has 0 aromatic heterocycles. The summed E-state index contributed by atoms with van der Waals surface area (Å²) in [4.78, 5) is 15.9. The number of benzene rings is 1. The van der Waals surface area contributed by atoms with Gasteiger partial charge in [-0.05, 0) is 30.5 Å². The molecule has 0 atom stereocenters. The van der Waals surface area contributed by atoms with Crippen LogP contribution in [0.25, 0.3) is 0 Å². The van der Waals surface area contributed by atoms with Crippen LogP contribution in [0.15, 0.2) is 28.7 Å². The zero-order valence-corrected chi connectivity index (χ0v) is 11.4. The Morgan fingerprint density at radius 2 is 1.82 bits per heavy atom. The van der Waals surface area contributed by atoms with Gasteiger partial charge in [-0.3, -0.25) is 0 Å². The average molecular weight is 295 g/mol. The zero-order chi connectivity index (χ0) is 12.0. The number of urea groups is 1. The molecule has 3 rings (SSSR count). The summed E-state index contributed by atoms with van der Waals surface area (Å²) in [5, 5.41) is 0. The molecular weight excluding hydrogens is 280 g/mol. The summed E-state index contributed by atoms with van der Waals surface area (Å²) in [6.07, 6.45) is 2.18. The molecule has 17 heavy (non-hydrogen) atoms. The number of hydrogen-bond donors (Lipinski definition) is 0. The lowest BCUT2D eigenvalue weighted by molar-refractivity contribution is 0.176. The summed E-state index contributed by atoms with van der Waals surface area (Å²) < 4.78 is 1.09. The van der Waals surface area contributed by atoms with Crippen LogP contribution in [0.5, 0.6) is 0 Å². The van der Waals surface area contributed by atoms with Crippen LogP contribution in [0.2, 0.25) is 0 Å². The fraction of sp³-hybridized carbons (Fsp3) is 0.462. The number of halogens is 1. The van der Waals surface area contributed by atoms with Crippen molar-refractivity contribution >= 4 is 22.0 Å². The standard InChI is InChI=1S/C13H15BrN2O/c1-15-8-9-16(12(15)17)13(6-7-13)10-2-4-11(14)5-3-10/h2-5H,6-9H2,1H3. The summed E-state index contributed by atoms with van der Waals surface area (Å²) in [6, 6.07) is 8.54. The van der Waals surface area contributed by atoms with Crippen LogP contribution >= 0.6 is 15.9 Å². The van der Waals surface area contributed by atoms with Gasteiger partial charge in [0.25, 0.3) is 0 Å². The first-order valence-electron chi connectivity index (χ1n) is 5.92. The molecule has 0 radical (unpaired) electrons. The number of carbonyl (C=O) groups is 1. The zero-order valence-electron chi connectivity index (χ0n) is 9.82. The summed E-state index contributed by atoms with van der Waals surface area (Å²) in [6.45, 7) is 1.70. The Labute approximate surface area is 110 Å². The molecular formula is C13H15BrN2O. The lowest BCUT2D eigenvalue weighted by atomic mass is 10.0. The topological polar surface area (TPSA) is 23.6 Å². The minimum Gasteiger partial charge on any atom is -0.326 e. The molecule has 0 bridgehead atoms. The summed E-state index contributed by atoms with van der Waals surface area (Å²) in [5.74, 6) is 0. The fourth-order valence-corrected chi connectivity index (χ4v) is 2.90. The van der Waals surface area contributed by atoms with E-state index in [9.17, 15) is 4.79 Å². The van der Waals surface area contributed by atoms with E-state index in [2.05, 4.69) is 40.2 Å². The van der Waals surface area contributed by atoms with Crippen LogP contribution in [0.1, 0.15) is 18.4 Å². The van der Waals surface area contributed by atoms with Crippen molar-refractivity contribution < 1.29 is 4.79 Å².